The summed E-state index contributed by atoms with van der Waals surface area (Å²) in [7, 11) is 0. The third-order valence-corrected chi connectivity index (χ3v) is 3.52. The summed E-state index contributed by atoms with van der Waals surface area (Å²) in [5, 5.41) is 0.635. The molecule has 0 radical (unpaired) electrons. The molecule has 0 saturated carbocycles. The van der Waals surface area contributed by atoms with Crippen LogP contribution in [-0.2, 0) is 4.79 Å². The Labute approximate surface area is 109 Å². The highest BCUT2D eigenvalue weighted by Crippen LogP contribution is 2.35. The van der Waals surface area contributed by atoms with Gasteiger partial charge in [-0.2, -0.15) is 0 Å². The molecule has 1 saturated heterocycles. The van der Waals surface area contributed by atoms with Gasteiger partial charge in [0.1, 0.15) is 0 Å². The average Bonchev–Trinajstić information content (AvgIpc) is 2.24. The van der Waals surface area contributed by atoms with Crippen molar-refractivity contribution in [3.8, 4) is 0 Å². The predicted octanol–water partition coefficient (Wildman–Crippen LogP) is 3.64. The number of hydrogen-bond donors (Lipinski definition) is 0. The molecule has 0 bridgehead atoms. The maximum Gasteiger partial charge on any atom is 0.263 e. The van der Waals surface area contributed by atoms with E-state index in [4.69, 9.17) is 34.8 Å². The van der Waals surface area contributed by atoms with Crippen molar-refractivity contribution >= 4 is 46.4 Å². The van der Waals surface area contributed by atoms with E-state index in [0.717, 1.165) is 12.1 Å². The lowest BCUT2D eigenvalue weighted by Gasteiger charge is -2.33. The minimum absolute atomic E-state index is 0.260. The SMILES string of the molecule is O=C1N(c2ccc(Cl)cc2)CCCC1(Cl)Cl. The first-order valence-electron chi connectivity index (χ1n) is 4.96. The highest BCUT2D eigenvalue weighted by atomic mass is 35.5. The summed E-state index contributed by atoms with van der Waals surface area (Å²) in [5.41, 5.74) is 0.778. The van der Waals surface area contributed by atoms with Crippen LogP contribution in [-0.4, -0.2) is 16.8 Å². The van der Waals surface area contributed by atoms with Gasteiger partial charge in [0.25, 0.3) is 5.91 Å². The van der Waals surface area contributed by atoms with E-state index in [2.05, 4.69) is 0 Å². The van der Waals surface area contributed by atoms with Gasteiger partial charge in [0.05, 0.1) is 0 Å². The Hall–Kier alpha value is -0.440. The standard InChI is InChI=1S/C11H10Cl3NO/c12-8-2-4-9(5-3-8)15-7-1-6-11(13,14)10(15)16/h2-5H,1,6-7H2. The summed E-state index contributed by atoms with van der Waals surface area (Å²) < 4.78 is -1.29. The number of benzene rings is 1. The van der Waals surface area contributed by atoms with Crippen molar-refractivity contribution < 1.29 is 4.79 Å². The largest absolute Gasteiger partial charge is 0.310 e. The van der Waals surface area contributed by atoms with Crippen molar-refractivity contribution in [2.24, 2.45) is 0 Å². The normalized spacial score (nSPS) is 19.9. The molecule has 5 heteroatoms. The molecule has 1 fully saturated rings. The number of anilines is 1. The molecule has 1 amide bonds. The first-order valence-corrected chi connectivity index (χ1v) is 6.09. The Morgan fingerprint density at radius 1 is 1.19 bits per heavy atom. The van der Waals surface area contributed by atoms with Gasteiger partial charge in [-0.05, 0) is 37.1 Å². The number of carbonyl (C=O) groups is 1. The van der Waals surface area contributed by atoms with Crippen molar-refractivity contribution in [2.75, 3.05) is 11.4 Å². The van der Waals surface area contributed by atoms with E-state index in [1.807, 2.05) is 0 Å². The van der Waals surface area contributed by atoms with Crippen LogP contribution >= 0.6 is 34.8 Å². The van der Waals surface area contributed by atoms with Gasteiger partial charge >= 0.3 is 0 Å². The summed E-state index contributed by atoms with van der Waals surface area (Å²) in [6, 6.07) is 7.05. The quantitative estimate of drug-likeness (QED) is 0.718. The summed E-state index contributed by atoms with van der Waals surface area (Å²) in [6.07, 6.45) is 1.29. The van der Waals surface area contributed by atoms with Crippen LogP contribution in [0, 0.1) is 0 Å². The predicted molar refractivity (Wildman–Crippen MR) is 67.5 cm³/mol. The molecule has 1 aliphatic heterocycles. The van der Waals surface area contributed by atoms with Crippen LogP contribution in [0.15, 0.2) is 24.3 Å². The van der Waals surface area contributed by atoms with Crippen LogP contribution < -0.4 is 4.90 Å². The van der Waals surface area contributed by atoms with Gasteiger partial charge in [0.15, 0.2) is 4.33 Å². The second kappa shape index (κ2) is 4.44. The number of nitrogens with zero attached hydrogens (tertiary/aromatic N) is 1. The first-order chi connectivity index (χ1) is 7.50. The van der Waals surface area contributed by atoms with E-state index in [9.17, 15) is 4.79 Å². The first kappa shape index (κ1) is 12.0. The van der Waals surface area contributed by atoms with Crippen molar-refractivity contribution in [3.05, 3.63) is 29.3 Å². The number of amides is 1. The number of halogens is 3. The molecule has 2 nitrogen and oxygen atoms in total. The second-order valence-electron chi connectivity index (χ2n) is 3.74. The molecular formula is C11H10Cl3NO. The zero-order valence-corrected chi connectivity index (χ0v) is 10.7. The minimum atomic E-state index is -1.29. The van der Waals surface area contributed by atoms with E-state index in [-0.39, 0.29) is 5.91 Å². The lowest BCUT2D eigenvalue weighted by Crippen LogP contribution is -2.47. The number of hydrogen-bond acceptors (Lipinski definition) is 1. The molecule has 0 N–H and O–H groups in total. The lowest BCUT2D eigenvalue weighted by atomic mass is 10.1. The lowest BCUT2D eigenvalue weighted by molar-refractivity contribution is -0.120. The number of piperidine rings is 1. The monoisotopic (exact) mass is 277 g/mol. The highest BCUT2D eigenvalue weighted by molar-refractivity contribution is 6.59. The van der Waals surface area contributed by atoms with E-state index in [0.29, 0.717) is 18.0 Å². The van der Waals surface area contributed by atoms with Crippen molar-refractivity contribution in [1.82, 2.24) is 0 Å². The molecule has 0 atom stereocenters. The molecule has 86 valence electrons. The van der Waals surface area contributed by atoms with E-state index in [1.165, 1.54) is 0 Å². The van der Waals surface area contributed by atoms with Gasteiger partial charge in [0.2, 0.25) is 0 Å². The zero-order valence-electron chi connectivity index (χ0n) is 8.42. The van der Waals surface area contributed by atoms with Crippen molar-refractivity contribution in [1.29, 1.82) is 0 Å². The number of alkyl halides is 2. The third kappa shape index (κ3) is 2.29. The summed E-state index contributed by atoms with van der Waals surface area (Å²) in [5.74, 6) is -0.260. The van der Waals surface area contributed by atoms with Crippen LogP contribution in [0.4, 0.5) is 5.69 Å². The fourth-order valence-corrected chi connectivity index (χ4v) is 2.33. The molecule has 0 aromatic heterocycles. The molecule has 0 unspecified atom stereocenters. The molecule has 16 heavy (non-hydrogen) atoms. The summed E-state index contributed by atoms with van der Waals surface area (Å²) in [4.78, 5) is 13.6. The maximum absolute atomic E-state index is 12.0. The molecule has 1 aliphatic rings. The number of carbonyl (C=O) groups excluding carboxylic acids is 1. The Morgan fingerprint density at radius 3 is 2.44 bits per heavy atom. The number of rotatable bonds is 1. The minimum Gasteiger partial charge on any atom is -0.310 e. The van der Waals surface area contributed by atoms with Crippen LogP contribution in [0.25, 0.3) is 0 Å². The van der Waals surface area contributed by atoms with Gasteiger partial charge in [-0.1, -0.05) is 34.8 Å². The second-order valence-corrected chi connectivity index (χ2v) is 5.66. The highest BCUT2D eigenvalue weighted by Gasteiger charge is 2.40. The van der Waals surface area contributed by atoms with Gasteiger partial charge in [0, 0.05) is 17.3 Å². The molecule has 1 aromatic carbocycles. The van der Waals surface area contributed by atoms with Crippen LogP contribution in [0.5, 0.6) is 0 Å². The molecule has 1 heterocycles. The Morgan fingerprint density at radius 2 is 1.81 bits per heavy atom. The van der Waals surface area contributed by atoms with Crippen molar-refractivity contribution in [2.45, 2.75) is 17.2 Å². The zero-order chi connectivity index (χ0) is 11.8. The van der Waals surface area contributed by atoms with E-state index >= 15 is 0 Å². The average molecular weight is 279 g/mol. The van der Waals surface area contributed by atoms with Crippen LogP contribution in [0.1, 0.15) is 12.8 Å². The topological polar surface area (TPSA) is 20.3 Å². The fourth-order valence-electron chi connectivity index (χ4n) is 1.73. The van der Waals surface area contributed by atoms with Gasteiger partial charge in [-0.25, -0.2) is 0 Å². The van der Waals surface area contributed by atoms with Gasteiger partial charge in [-0.15, -0.1) is 0 Å². The summed E-state index contributed by atoms with van der Waals surface area (Å²) in [6.45, 7) is 0.641. The van der Waals surface area contributed by atoms with Gasteiger partial charge < -0.3 is 4.90 Å². The van der Waals surface area contributed by atoms with E-state index < -0.39 is 4.33 Å². The van der Waals surface area contributed by atoms with Crippen LogP contribution in [0.2, 0.25) is 5.02 Å². The fraction of sp³-hybridized carbons (Fsp3) is 0.364. The maximum atomic E-state index is 12.0. The van der Waals surface area contributed by atoms with E-state index in [1.54, 1.807) is 29.2 Å². The Bertz CT molecular complexity index is 402. The Balaban J connectivity index is 2.27. The molecular weight excluding hydrogens is 268 g/mol. The summed E-state index contributed by atoms with van der Waals surface area (Å²) >= 11 is 17.7. The molecule has 2 rings (SSSR count). The van der Waals surface area contributed by atoms with Gasteiger partial charge in [-0.3, -0.25) is 4.79 Å². The molecule has 0 aliphatic carbocycles. The molecule has 1 aromatic rings. The smallest absolute Gasteiger partial charge is 0.263 e. The van der Waals surface area contributed by atoms with Crippen molar-refractivity contribution in [3.63, 3.8) is 0 Å². The van der Waals surface area contributed by atoms with Crippen LogP contribution in [0.3, 0.4) is 0 Å². The molecule has 0 spiro atoms. The third-order valence-electron chi connectivity index (χ3n) is 2.57. The Kier molecular flexibility index (Phi) is 3.34.